The monoisotopic (exact) mass is 193 g/mol. The number of halogens is 1. The molecule has 0 fully saturated rings. The Morgan fingerprint density at radius 2 is 2.09 bits per heavy atom. The van der Waals surface area contributed by atoms with Crippen molar-refractivity contribution >= 4 is 19.7 Å². The number of hydrogen-bond donors (Lipinski definition) is 1. The van der Waals surface area contributed by atoms with E-state index >= 15 is 0 Å². The molecule has 0 bridgehead atoms. The van der Waals surface area contributed by atoms with Crippen LogP contribution in [0.4, 0.5) is 0 Å². The van der Waals surface area contributed by atoms with E-state index in [0.717, 1.165) is 12.3 Å². The molecular formula is C5H4ClNO3S. The normalized spacial score (nSPS) is 11.4. The molecule has 0 unspecified atom stereocenters. The third-order valence-corrected chi connectivity index (χ3v) is 2.19. The molecule has 0 radical (unpaired) electrons. The van der Waals surface area contributed by atoms with Gasteiger partial charge in [0.2, 0.25) is 0 Å². The number of aromatic nitrogens is 1. The quantitative estimate of drug-likeness (QED) is 0.668. The fourth-order valence-electron chi connectivity index (χ4n) is 0.517. The first-order chi connectivity index (χ1) is 5.00. The van der Waals surface area contributed by atoms with Crippen LogP contribution in [0.1, 0.15) is 0 Å². The summed E-state index contributed by atoms with van der Waals surface area (Å²) in [6.07, 6.45) is 1.01. The first-order valence-corrected chi connectivity index (χ1v) is 4.91. The Morgan fingerprint density at radius 3 is 2.45 bits per heavy atom. The SMILES string of the molecule is O=S(=O)(Cl)c1ccc(O)cn1. The topological polar surface area (TPSA) is 67.3 Å². The van der Waals surface area contributed by atoms with Gasteiger partial charge in [0.1, 0.15) is 5.75 Å². The Hall–Kier alpha value is -0.810. The summed E-state index contributed by atoms with van der Waals surface area (Å²) in [5.74, 6) is -0.103. The van der Waals surface area contributed by atoms with Crippen molar-refractivity contribution in [3.05, 3.63) is 18.3 Å². The van der Waals surface area contributed by atoms with Crippen molar-refractivity contribution < 1.29 is 13.5 Å². The Labute approximate surface area is 67.9 Å². The fraction of sp³-hybridized carbons (Fsp3) is 0. The van der Waals surface area contributed by atoms with Crippen LogP contribution in [0.25, 0.3) is 0 Å². The van der Waals surface area contributed by atoms with Gasteiger partial charge in [0.15, 0.2) is 5.03 Å². The molecule has 0 saturated heterocycles. The van der Waals surface area contributed by atoms with Crippen molar-refractivity contribution in [3.8, 4) is 5.75 Å². The summed E-state index contributed by atoms with van der Waals surface area (Å²) in [7, 11) is 1.17. The van der Waals surface area contributed by atoms with Crippen LogP contribution in [0.15, 0.2) is 23.4 Å². The lowest BCUT2D eigenvalue weighted by molar-refractivity contribution is 0.471. The van der Waals surface area contributed by atoms with Crippen LogP contribution in [-0.4, -0.2) is 18.5 Å². The second-order valence-corrected chi connectivity index (χ2v) is 4.31. The van der Waals surface area contributed by atoms with E-state index in [1.54, 1.807) is 0 Å². The second-order valence-electron chi connectivity index (χ2n) is 1.79. The van der Waals surface area contributed by atoms with Crippen molar-refractivity contribution in [1.82, 2.24) is 4.98 Å². The predicted molar refractivity (Wildman–Crippen MR) is 38.9 cm³/mol. The molecule has 6 heteroatoms. The zero-order valence-electron chi connectivity index (χ0n) is 5.23. The highest BCUT2D eigenvalue weighted by Gasteiger charge is 2.10. The molecule has 0 atom stereocenters. The third kappa shape index (κ3) is 2.06. The van der Waals surface area contributed by atoms with Crippen LogP contribution in [0.2, 0.25) is 0 Å². The maximum atomic E-state index is 10.6. The molecule has 1 heterocycles. The summed E-state index contributed by atoms with van der Waals surface area (Å²) in [6, 6.07) is 2.32. The molecule has 1 rings (SSSR count). The number of nitrogens with zero attached hydrogens (tertiary/aromatic N) is 1. The summed E-state index contributed by atoms with van der Waals surface area (Å²) < 4.78 is 21.1. The number of hydrogen-bond acceptors (Lipinski definition) is 4. The Kier molecular flexibility index (Phi) is 2.01. The molecule has 60 valence electrons. The lowest BCUT2D eigenvalue weighted by Crippen LogP contribution is -1.92. The summed E-state index contributed by atoms with van der Waals surface area (Å²) in [5.41, 5.74) is 0. The predicted octanol–water partition coefficient (Wildman–Crippen LogP) is 0.715. The highest BCUT2D eigenvalue weighted by atomic mass is 35.7. The summed E-state index contributed by atoms with van der Waals surface area (Å²) in [6.45, 7) is 0. The highest BCUT2D eigenvalue weighted by molar-refractivity contribution is 8.13. The lowest BCUT2D eigenvalue weighted by atomic mass is 10.5. The summed E-state index contributed by atoms with van der Waals surface area (Å²) in [4.78, 5) is 3.38. The first-order valence-electron chi connectivity index (χ1n) is 2.60. The van der Waals surface area contributed by atoms with Crippen LogP contribution >= 0.6 is 10.7 Å². The van der Waals surface area contributed by atoms with Gasteiger partial charge in [-0.05, 0) is 12.1 Å². The van der Waals surface area contributed by atoms with Gasteiger partial charge in [-0.3, -0.25) is 0 Å². The second kappa shape index (κ2) is 2.67. The van der Waals surface area contributed by atoms with E-state index in [0.29, 0.717) is 0 Å². The molecule has 11 heavy (non-hydrogen) atoms. The zero-order valence-corrected chi connectivity index (χ0v) is 6.80. The van der Waals surface area contributed by atoms with E-state index in [-0.39, 0.29) is 10.8 Å². The van der Waals surface area contributed by atoms with Gasteiger partial charge in [0, 0.05) is 10.7 Å². The number of rotatable bonds is 1. The maximum absolute atomic E-state index is 10.6. The van der Waals surface area contributed by atoms with Crippen molar-refractivity contribution in [2.45, 2.75) is 5.03 Å². The summed E-state index contributed by atoms with van der Waals surface area (Å²) in [5, 5.41) is 8.46. The fourth-order valence-corrected chi connectivity index (χ4v) is 1.20. The van der Waals surface area contributed by atoms with E-state index in [4.69, 9.17) is 15.8 Å². The molecule has 1 N–H and O–H groups in total. The van der Waals surface area contributed by atoms with Crippen molar-refractivity contribution in [1.29, 1.82) is 0 Å². The Balaban J connectivity index is 3.20. The van der Waals surface area contributed by atoms with E-state index in [2.05, 4.69) is 4.98 Å². The molecule has 0 aromatic carbocycles. The van der Waals surface area contributed by atoms with E-state index in [1.807, 2.05) is 0 Å². The van der Waals surface area contributed by atoms with Crippen LogP contribution in [0.5, 0.6) is 5.75 Å². The first kappa shape index (κ1) is 8.29. The molecule has 0 saturated carbocycles. The molecule has 0 spiro atoms. The summed E-state index contributed by atoms with van der Waals surface area (Å²) >= 11 is 0. The largest absolute Gasteiger partial charge is 0.506 e. The van der Waals surface area contributed by atoms with Crippen LogP contribution < -0.4 is 0 Å². The van der Waals surface area contributed by atoms with Crippen molar-refractivity contribution in [2.75, 3.05) is 0 Å². The van der Waals surface area contributed by atoms with Crippen molar-refractivity contribution in [3.63, 3.8) is 0 Å². The highest BCUT2D eigenvalue weighted by Crippen LogP contribution is 2.13. The molecule has 1 aromatic heterocycles. The smallest absolute Gasteiger partial charge is 0.278 e. The number of aromatic hydroxyl groups is 1. The standard InChI is InChI=1S/C5H4ClNO3S/c6-11(9,10)5-2-1-4(8)3-7-5/h1-3,8H. The van der Waals surface area contributed by atoms with Crippen LogP contribution in [0.3, 0.4) is 0 Å². The van der Waals surface area contributed by atoms with E-state index < -0.39 is 9.05 Å². The average Bonchev–Trinajstić information content (AvgIpc) is 1.86. The molecule has 1 aromatic rings. The molecule has 0 aliphatic rings. The van der Waals surface area contributed by atoms with Gasteiger partial charge in [-0.15, -0.1) is 0 Å². The average molecular weight is 194 g/mol. The third-order valence-electron chi connectivity index (χ3n) is 0.971. The number of pyridine rings is 1. The maximum Gasteiger partial charge on any atom is 0.278 e. The van der Waals surface area contributed by atoms with E-state index in [9.17, 15) is 8.42 Å². The minimum absolute atomic E-state index is 0.103. The Bertz CT molecular complexity index is 344. The van der Waals surface area contributed by atoms with Crippen LogP contribution in [-0.2, 0) is 9.05 Å². The zero-order chi connectivity index (χ0) is 8.48. The van der Waals surface area contributed by atoms with Gasteiger partial charge >= 0.3 is 0 Å². The van der Waals surface area contributed by atoms with Gasteiger partial charge in [-0.1, -0.05) is 0 Å². The molecule has 0 aliphatic carbocycles. The van der Waals surface area contributed by atoms with Gasteiger partial charge in [-0.2, -0.15) is 0 Å². The van der Waals surface area contributed by atoms with Crippen LogP contribution in [0, 0.1) is 0 Å². The lowest BCUT2D eigenvalue weighted by Gasteiger charge is -1.93. The van der Waals surface area contributed by atoms with Gasteiger partial charge in [-0.25, -0.2) is 13.4 Å². The van der Waals surface area contributed by atoms with Gasteiger partial charge in [0.25, 0.3) is 9.05 Å². The molecular weight excluding hydrogens is 190 g/mol. The minimum Gasteiger partial charge on any atom is -0.506 e. The molecule has 4 nitrogen and oxygen atoms in total. The van der Waals surface area contributed by atoms with Crippen molar-refractivity contribution in [2.24, 2.45) is 0 Å². The molecule has 0 amide bonds. The Morgan fingerprint density at radius 1 is 1.45 bits per heavy atom. The molecule has 0 aliphatic heterocycles. The van der Waals surface area contributed by atoms with E-state index in [1.165, 1.54) is 6.07 Å². The minimum atomic E-state index is -3.77. The van der Waals surface area contributed by atoms with Gasteiger partial charge in [0.05, 0.1) is 6.20 Å². The van der Waals surface area contributed by atoms with Gasteiger partial charge < -0.3 is 5.11 Å².